The highest BCUT2D eigenvalue weighted by Crippen LogP contribution is 2.31. The van der Waals surface area contributed by atoms with Crippen LogP contribution in [0.25, 0.3) is 0 Å². The number of rotatable bonds is 1. The molecule has 16 heavy (non-hydrogen) atoms. The van der Waals surface area contributed by atoms with E-state index in [1.807, 2.05) is 0 Å². The van der Waals surface area contributed by atoms with E-state index in [1.165, 1.54) is 31.7 Å². The molecular formula is C13H20N3+. The van der Waals surface area contributed by atoms with Crippen molar-refractivity contribution in [3.8, 4) is 0 Å². The molecular weight excluding hydrogens is 198 g/mol. The lowest BCUT2D eigenvalue weighted by Gasteiger charge is -2.22. The van der Waals surface area contributed by atoms with E-state index in [4.69, 9.17) is 0 Å². The van der Waals surface area contributed by atoms with Gasteiger partial charge in [0.05, 0.1) is 13.2 Å². The second kappa shape index (κ2) is 3.74. The van der Waals surface area contributed by atoms with Crippen LogP contribution >= 0.6 is 0 Å². The van der Waals surface area contributed by atoms with Crippen molar-refractivity contribution in [2.75, 3.05) is 18.0 Å². The van der Waals surface area contributed by atoms with E-state index in [-0.39, 0.29) is 0 Å². The summed E-state index contributed by atoms with van der Waals surface area (Å²) in [5, 5.41) is 0. The van der Waals surface area contributed by atoms with Gasteiger partial charge >= 0.3 is 0 Å². The first-order valence-corrected chi connectivity index (χ1v) is 6.24. The maximum Gasteiger partial charge on any atom is 0.277 e. The Morgan fingerprint density at radius 2 is 2.25 bits per heavy atom. The second-order valence-electron chi connectivity index (χ2n) is 5.00. The minimum atomic E-state index is 0.557. The average molecular weight is 218 g/mol. The molecule has 3 rings (SSSR count). The third-order valence-corrected chi connectivity index (χ3v) is 4.04. The SMILES string of the molecule is CC1N2CCCC(C2)N1c1cccc[n+]1C. The number of fused-ring (bicyclic) bond motifs is 2. The predicted octanol–water partition coefficient (Wildman–Crippen LogP) is 1.14. The Hall–Kier alpha value is -1.09. The quantitative estimate of drug-likeness (QED) is 0.654. The fourth-order valence-corrected chi connectivity index (χ4v) is 3.19. The van der Waals surface area contributed by atoms with Crippen LogP contribution in [0.15, 0.2) is 24.4 Å². The molecule has 1 aromatic heterocycles. The van der Waals surface area contributed by atoms with Gasteiger partial charge in [0.15, 0.2) is 0 Å². The highest BCUT2D eigenvalue weighted by molar-refractivity contribution is 5.38. The van der Waals surface area contributed by atoms with Crippen molar-refractivity contribution in [2.24, 2.45) is 7.05 Å². The highest BCUT2D eigenvalue weighted by atomic mass is 15.5. The molecule has 3 nitrogen and oxygen atoms in total. The van der Waals surface area contributed by atoms with Crippen molar-refractivity contribution < 1.29 is 4.57 Å². The van der Waals surface area contributed by atoms with E-state index in [1.54, 1.807) is 0 Å². The van der Waals surface area contributed by atoms with Crippen LogP contribution in [-0.4, -0.2) is 30.2 Å². The number of pyridine rings is 1. The molecule has 0 spiro atoms. The zero-order valence-corrected chi connectivity index (χ0v) is 10.1. The largest absolute Gasteiger partial charge is 0.277 e. The summed E-state index contributed by atoms with van der Waals surface area (Å²) in [6, 6.07) is 7.19. The first-order chi connectivity index (χ1) is 7.77. The third kappa shape index (κ3) is 1.42. The van der Waals surface area contributed by atoms with Crippen LogP contribution in [0.5, 0.6) is 0 Å². The Kier molecular flexibility index (Phi) is 2.36. The standard InChI is InChI=1S/C13H20N3/c1-11-15-9-5-6-12(10-15)16(11)13-7-3-4-8-14(13)2/h3-4,7-8,11-12H,5-6,9-10H2,1-2H3/q+1. The van der Waals surface area contributed by atoms with Crippen LogP contribution < -0.4 is 9.47 Å². The molecule has 2 aliphatic heterocycles. The molecule has 2 aliphatic rings. The van der Waals surface area contributed by atoms with E-state index in [0.29, 0.717) is 6.17 Å². The number of nitrogens with zero attached hydrogens (tertiary/aromatic N) is 3. The van der Waals surface area contributed by atoms with Crippen molar-refractivity contribution >= 4 is 5.82 Å². The van der Waals surface area contributed by atoms with Gasteiger partial charge < -0.3 is 0 Å². The van der Waals surface area contributed by atoms with Crippen LogP contribution in [0.3, 0.4) is 0 Å². The summed E-state index contributed by atoms with van der Waals surface area (Å²) >= 11 is 0. The predicted molar refractivity (Wildman–Crippen MR) is 64.2 cm³/mol. The Bertz CT molecular complexity index is 389. The van der Waals surface area contributed by atoms with Gasteiger partial charge in [0.1, 0.15) is 12.2 Å². The Morgan fingerprint density at radius 3 is 3.00 bits per heavy atom. The van der Waals surface area contributed by atoms with Gasteiger partial charge in [0, 0.05) is 19.2 Å². The van der Waals surface area contributed by atoms with Crippen LogP contribution in [0, 0.1) is 0 Å². The van der Waals surface area contributed by atoms with E-state index in [2.05, 4.69) is 52.7 Å². The highest BCUT2D eigenvalue weighted by Gasteiger charge is 2.45. The van der Waals surface area contributed by atoms with E-state index in [0.717, 1.165) is 6.04 Å². The minimum absolute atomic E-state index is 0.557. The third-order valence-electron chi connectivity index (χ3n) is 4.04. The van der Waals surface area contributed by atoms with Crippen molar-refractivity contribution in [1.82, 2.24) is 4.90 Å². The van der Waals surface area contributed by atoms with Crippen molar-refractivity contribution in [3.63, 3.8) is 0 Å². The normalized spacial score (nSPS) is 33.1. The van der Waals surface area contributed by atoms with E-state index < -0.39 is 0 Å². The summed E-state index contributed by atoms with van der Waals surface area (Å²) in [6.07, 6.45) is 5.39. The molecule has 2 saturated heterocycles. The van der Waals surface area contributed by atoms with Crippen LogP contribution in [0.4, 0.5) is 5.82 Å². The summed E-state index contributed by atoms with van der Waals surface area (Å²) < 4.78 is 2.23. The minimum Gasteiger partial charge on any atom is -0.261 e. The number of aryl methyl sites for hydroxylation is 1. The molecule has 2 bridgehead atoms. The summed E-state index contributed by atoms with van der Waals surface area (Å²) in [5.74, 6) is 1.35. The first-order valence-electron chi connectivity index (χ1n) is 6.24. The number of hydrogen-bond donors (Lipinski definition) is 0. The van der Waals surface area contributed by atoms with Crippen LogP contribution in [0.1, 0.15) is 19.8 Å². The molecule has 0 amide bonds. The molecule has 0 N–H and O–H groups in total. The fourth-order valence-electron chi connectivity index (χ4n) is 3.19. The monoisotopic (exact) mass is 218 g/mol. The Morgan fingerprint density at radius 1 is 1.38 bits per heavy atom. The zero-order valence-electron chi connectivity index (χ0n) is 10.1. The lowest BCUT2D eigenvalue weighted by molar-refractivity contribution is -0.659. The molecule has 3 heteroatoms. The van der Waals surface area contributed by atoms with Crippen molar-refractivity contribution in [3.05, 3.63) is 24.4 Å². The van der Waals surface area contributed by atoms with Gasteiger partial charge in [-0.2, -0.15) is 0 Å². The van der Waals surface area contributed by atoms with Gasteiger partial charge in [-0.05, 0) is 25.8 Å². The second-order valence-corrected chi connectivity index (χ2v) is 5.00. The lowest BCUT2D eigenvalue weighted by atomic mass is 10.1. The van der Waals surface area contributed by atoms with Crippen molar-refractivity contribution in [2.45, 2.75) is 32.0 Å². The number of piperidine rings is 1. The van der Waals surface area contributed by atoms with Gasteiger partial charge in [0.25, 0.3) is 5.82 Å². The maximum absolute atomic E-state index is 2.60. The number of aromatic nitrogens is 1. The molecule has 3 atom stereocenters. The summed E-state index contributed by atoms with van der Waals surface area (Å²) in [4.78, 5) is 5.19. The first kappa shape index (κ1) is 10.1. The fraction of sp³-hybridized carbons (Fsp3) is 0.615. The molecule has 1 aromatic rings. The van der Waals surface area contributed by atoms with Crippen LogP contribution in [-0.2, 0) is 7.05 Å². The van der Waals surface area contributed by atoms with Gasteiger partial charge in [0.2, 0.25) is 0 Å². The van der Waals surface area contributed by atoms with E-state index >= 15 is 0 Å². The maximum atomic E-state index is 2.60. The molecule has 0 saturated carbocycles. The topological polar surface area (TPSA) is 10.4 Å². The Balaban J connectivity index is 1.98. The lowest BCUT2D eigenvalue weighted by Crippen LogP contribution is -2.45. The molecule has 0 aromatic carbocycles. The zero-order chi connectivity index (χ0) is 11.1. The van der Waals surface area contributed by atoms with Gasteiger partial charge in [-0.15, -0.1) is 0 Å². The average Bonchev–Trinajstić information content (AvgIpc) is 2.52. The molecule has 86 valence electrons. The van der Waals surface area contributed by atoms with Gasteiger partial charge in [-0.3, -0.25) is 4.90 Å². The summed E-state index contributed by atoms with van der Waals surface area (Å²) in [7, 11) is 2.14. The van der Waals surface area contributed by atoms with Gasteiger partial charge in [-0.25, -0.2) is 9.47 Å². The molecule has 0 radical (unpaired) electrons. The van der Waals surface area contributed by atoms with Gasteiger partial charge in [-0.1, -0.05) is 6.07 Å². The van der Waals surface area contributed by atoms with Crippen LogP contribution in [0.2, 0.25) is 0 Å². The Labute approximate surface area is 97.3 Å². The van der Waals surface area contributed by atoms with Crippen molar-refractivity contribution in [1.29, 1.82) is 0 Å². The van der Waals surface area contributed by atoms with E-state index in [9.17, 15) is 0 Å². The molecule has 3 unspecified atom stereocenters. The molecule has 0 aliphatic carbocycles. The smallest absolute Gasteiger partial charge is 0.261 e. The molecule has 3 heterocycles. The number of anilines is 1. The number of hydrogen-bond acceptors (Lipinski definition) is 2. The molecule has 2 fully saturated rings. The summed E-state index contributed by atoms with van der Waals surface area (Å²) in [6.45, 7) is 4.85. The summed E-state index contributed by atoms with van der Waals surface area (Å²) in [5.41, 5.74) is 0.